The molecule has 7 heteroatoms. The third-order valence-corrected chi connectivity index (χ3v) is 3.08. The summed E-state index contributed by atoms with van der Waals surface area (Å²) in [6.07, 6.45) is 0.447. The van der Waals surface area contributed by atoms with E-state index >= 15 is 0 Å². The molecule has 0 aliphatic carbocycles. The molecule has 2 aromatic rings. The van der Waals surface area contributed by atoms with Crippen molar-refractivity contribution in [2.75, 3.05) is 0 Å². The zero-order valence-electron chi connectivity index (χ0n) is 10.6. The molecule has 0 spiro atoms. The Labute approximate surface area is 125 Å². The summed E-state index contributed by atoms with van der Waals surface area (Å²) >= 11 is 11.8. The van der Waals surface area contributed by atoms with Gasteiger partial charge in [0.2, 0.25) is 5.88 Å². The van der Waals surface area contributed by atoms with Gasteiger partial charge in [-0.3, -0.25) is 4.79 Å². The number of halogens is 2. The summed E-state index contributed by atoms with van der Waals surface area (Å²) in [5.74, 6) is -0.0756. The average molecular weight is 315 g/mol. The van der Waals surface area contributed by atoms with Crippen LogP contribution in [0.1, 0.15) is 18.2 Å². The number of hydrogen-bond donors (Lipinski definition) is 2. The monoisotopic (exact) mass is 314 g/mol. The lowest BCUT2D eigenvalue weighted by Crippen LogP contribution is -2.03. The molecule has 0 amide bonds. The zero-order chi connectivity index (χ0) is 14.7. The van der Waals surface area contributed by atoms with Gasteiger partial charge in [-0.15, -0.1) is 0 Å². The summed E-state index contributed by atoms with van der Waals surface area (Å²) in [5, 5.41) is 16.4. The molecule has 0 saturated heterocycles. The molecule has 0 radical (unpaired) electrons. The molecular weight excluding hydrogens is 303 g/mol. The van der Waals surface area contributed by atoms with Crippen LogP contribution in [0.25, 0.3) is 0 Å². The standard InChI is InChI=1S/C13H12Cl2N2O3/c1-2-10-11(6-12(18)19)16-17-13(10)20-9-4-7(14)3-8(15)5-9/h3-5H,2,6H2,1H3,(H,16,17)(H,18,19). The SMILES string of the molecule is CCc1c(CC(=O)O)n[nH]c1Oc1cc(Cl)cc(Cl)c1. The average Bonchev–Trinajstić information content (AvgIpc) is 2.69. The van der Waals surface area contributed by atoms with Crippen molar-refractivity contribution in [2.24, 2.45) is 0 Å². The lowest BCUT2D eigenvalue weighted by Gasteiger charge is -2.06. The van der Waals surface area contributed by atoms with Gasteiger partial charge < -0.3 is 9.84 Å². The quantitative estimate of drug-likeness (QED) is 0.882. The second kappa shape index (κ2) is 6.15. The Morgan fingerprint density at radius 3 is 2.55 bits per heavy atom. The van der Waals surface area contributed by atoms with Crippen molar-refractivity contribution in [3.05, 3.63) is 39.5 Å². The van der Waals surface area contributed by atoms with E-state index < -0.39 is 5.97 Å². The fourth-order valence-corrected chi connectivity index (χ4v) is 2.33. The molecule has 0 fully saturated rings. The van der Waals surface area contributed by atoms with Gasteiger partial charge in [-0.1, -0.05) is 30.1 Å². The summed E-state index contributed by atoms with van der Waals surface area (Å²) in [7, 11) is 0. The van der Waals surface area contributed by atoms with Crippen LogP contribution in [-0.4, -0.2) is 21.3 Å². The zero-order valence-corrected chi connectivity index (χ0v) is 12.1. The molecule has 1 aromatic heterocycles. The first-order valence-electron chi connectivity index (χ1n) is 5.91. The summed E-state index contributed by atoms with van der Waals surface area (Å²) in [4.78, 5) is 10.8. The Bertz CT molecular complexity index is 620. The number of aromatic amines is 1. The van der Waals surface area contributed by atoms with E-state index in [2.05, 4.69) is 10.2 Å². The molecular formula is C13H12Cl2N2O3. The van der Waals surface area contributed by atoms with E-state index in [1.807, 2.05) is 6.92 Å². The molecule has 0 bridgehead atoms. The Morgan fingerprint density at radius 2 is 2.00 bits per heavy atom. The number of aliphatic carboxylic acids is 1. The van der Waals surface area contributed by atoms with Gasteiger partial charge >= 0.3 is 5.97 Å². The number of rotatable bonds is 5. The number of hydrogen-bond acceptors (Lipinski definition) is 3. The van der Waals surface area contributed by atoms with E-state index in [4.69, 9.17) is 33.0 Å². The molecule has 1 aromatic carbocycles. The summed E-state index contributed by atoms with van der Waals surface area (Å²) in [5.41, 5.74) is 1.19. The Kier molecular flexibility index (Phi) is 4.52. The fourth-order valence-electron chi connectivity index (χ4n) is 1.83. The predicted octanol–water partition coefficient (Wildman–Crippen LogP) is 3.70. The van der Waals surface area contributed by atoms with Crippen LogP contribution in [-0.2, 0) is 17.6 Å². The topological polar surface area (TPSA) is 75.2 Å². The maximum absolute atomic E-state index is 10.8. The van der Waals surface area contributed by atoms with Crippen molar-refractivity contribution >= 4 is 29.2 Å². The molecule has 0 aliphatic rings. The van der Waals surface area contributed by atoms with Crippen LogP contribution in [0.5, 0.6) is 11.6 Å². The van der Waals surface area contributed by atoms with Gasteiger partial charge in [0.05, 0.1) is 12.1 Å². The van der Waals surface area contributed by atoms with Gasteiger partial charge in [0.1, 0.15) is 5.75 Å². The number of carbonyl (C=O) groups is 1. The van der Waals surface area contributed by atoms with Crippen LogP contribution in [0.4, 0.5) is 0 Å². The van der Waals surface area contributed by atoms with E-state index in [-0.39, 0.29) is 6.42 Å². The van der Waals surface area contributed by atoms with Crippen molar-refractivity contribution in [2.45, 2.75) is 19.8 Å². The molecule has 1 heterocycles. The predicted molar refractivity (Wildman–Crippen MR) is 75.8 cm³/mol. The summed E-state index contributed by atoms with van der Waals surface area (Å²) in [6, 6.07) is 4.83. The highest BCUT2D eigenvalue weighted by Crippen LogP contribution is 2.30. The van der Waals surface area contributed by atoms with Gasteiger partial charge in [0, 0.05) is 15.6 Å². The lowest BCUT2D eigenvalue weighted by molar-refractivity contribution is -0.136. The van der Waals surface area contributed by atoms with Gasteiger partial charge in [0.15, 0.2) is 0 Å². The number of carboxylic acids is 1. The van der Waals surface area contributed by atoms with Gasteiger partial charge in [0.25, 0.3) is 0 Å². The molecule has 0 saturated carbocycles. The highest BCUT2D eigenvalue weighted by Gasteiger charge is 2.16. The van der Waals surface area contributed by atoms with Crippen LogP contribution in [0, 0.1) is 0 Å². The first-order valence-corrected chi connectivity index (χ1v) is 6.67. The van der Waals surface area contributed by atoms with Gasteiger partial charge in [-0.05, 0) is 24.6 Å². The number of nitrogens with zero attached hydrogens (tertiary/aromatic N) is 1. The van der Waals surface area contributed by atoms with E-state index in [0.29, 0.717) is 33.8 Å². The van der Waals surface area contributed by atoms with Crippen molar-refractivity contribution < 1.29 is 14.6 Å². The van der Waals surface area contributed by atoms with Crippen molar-refractivity contribution in [1.82, 2.24) is 10.2 Å². The third-order valence-electron chi connectivity index (χ3n) is 2.64. The van der Waals surface area contributed by atoms with Gasteiger partial charge in [-0.25, -0.2) is 5.10 Å². The Morgan fingerprint density at radius 1 is 1.35 bits per heavy atom. The summed E-state index contributed by atoms with van der Waals surface area (Å²) in [6.45, 7) is 1.90. The largest absolute Gasteiger partial charge is 0.481 e. The van der Waals surface area contributed by atoms with Crippen LogP contribution in [0.3, 0.4) is 0 Å². The number of benzene rings is 1. The normalized spacial score (nSPS) is 10.6. The molecule has 2 N–H and O–H groups in total. The molecule has 0 atom stereocenters. The minimum absolute atomic E-state index is 0.153. The van der Waals surface area contributed by atoms with E-state index in [0.717, 1.165) is 5.56 Å². The number of aromatic nitrogens is 2. The third kappa shape index (κ3) is 3.43. The van der Waals surface area contributed by atoms with Crippen LogP contribution >= 0.6 is 23.2 Å². The minimum Gasteiger partial charge on any atom is -0.481 e. The molecule has 0 unspecified atom stereocenters. The second-order valence-corrected chi connectivity index (χ2v) is 4.98. The number of ether oxygens (including phenoxy) is 1. The maximum Gasteiger partial charge on any atom is 0.309 e. The number of carboxylic acid groups (broad SMARTS) is 1. The smallest absolute Gasteiger partial charge is 0.309 e. The lowest BCUT2D eigenvalue weighted by atomic mass is 10.1. The van der Waals surface area contributed by atoms with Crippen LogP contribution in [0.2, 0.25) is 10.0 Å². The minimum atomic E-state index is -0.941. The molecule has 106 valence electrons. The summed E-state index contributed by atoms with van der Waals surface area (Å²) < 4.78 is 5.64. The van der Waals surface area contributed by atoms with Crippen molar-refractivity contribution in [3.63, 3.8) is 0 Å². The molecule has 0 aliphatic heterocycles. The Balaban J connectivity index is 2.29. The van der Waals surface area contributed by atoms with Gasteiger partial charge in [-0.2, -0.15) is 5.10 Å². The number of H-pyrrole nitrogens is 1. The van der Waals surface area contributed by atoms with E-state index in [1.54, 1.807) is 18.2 Å². The van der Waals surface area contributed by atoms with Crippen LogP contribution in [0.15, 0.2) is 18.2 Å². The van der Waals surface area contributed by atoms with E-state index in [1.165, 1.54) is 0 Å². The number of nitrogens with one attached hydrogen (secondary N) is 1. The van der Waals surface area contributed by atoms with E-state index in [9.17, 15) is 4.79 Å². The van der Waals surface area contributed by atoms with Crippen molar-refractivity contribution in [1.29, 1.82) is 0 Å². The first-order chi connectivity index (χ1) is 9.49. The highest BCUT2D eigenvalue weighted by atomic mass is 35.5. The molecule has 2 rings (SSSR count). The second-order valence-electron chi connectivity index (χ2n) is 4.11. The first kappa shape index (κ1) is 14.7. The maximum atomic E-state index is 10.8. The highest BCUT2D eigenvalue weighted by molar-refractivity contribution is 6.34. The van der Waals surface area contributed by atoms with Crippen LogP contribution < -0.4 is 4.74 Å². The molecule has 5 nitrogen and oxygen atoms in total. The van der Waals surface area contributed by atoms with Crippen molar-refractivity contribution in [3.8, 4) is 11.6 Å². The fraction of sp³-hybridized carbons (Fsp3) is 0.231. The Hall–Kier alpha value is -1.72. The molecule has 20 heavy (non-hydrogen) atoms.